The topological polar surface area (TPSA) is 79.6 Å². The lowest BCUT2D eigenvalue weighted by molar-refractivity contribution is -0.250. The van der Waals surface area contributed by atoms with Gasteiger partial charge >= 0.3 is 12.1 Å². The molecule has 0 spiro atoms. The molecule has 4 aromatic carbocycles. The van der Waals surface area contributed by atoms with Crippen LogP contribution in [0.4, 0.5) is 24.5 Å². The highest BCUT2D eigenvalue weighted by Gasteiger charge is 2.55. The zero-order chi connectivity index (χ0) is 32.5. The van der Waals surface area contributed by atoms with E-state index < -0.39 is 30.8 Å². The smallest absolute Gasteiger partial charge is 0.420 e. The van der Waals surface area contributed by atoms with Gasteiger partial charge in [-0.05, 0) is 79.8 Å². The summed E-state index contributed by atoms with van der Waals surface area (Å²) in [6, 6.07) is 27.0. The first-order valence-electron chi connectivity index (χ1n) is 15.2. The van der Waals surface area contributed by atoms with E-state index >= 15 is 0 Å². The normalized spacial score (nSPS) is 16.1. The molecule has 10 heteroatoms. The minimum absolute atomic E-state index is 0.135. The van der Waals surface area contributed by atoms with Gasteiger partial charge in [-0.2, -0.15) is 18.3 Å². The number of aromatic nitrogens is 2. The van der Waals surface area contributed by atoms with Gasteiger partial charge in [0, 0.05) is 22.8 Å². The number of alkyl halides is 3. The number of β-amino-alcohol motifs (C(OH)–C–C–N with tert-alkyl or cyclic N) is 1. The molecule has 0 bridgehead atoms. The van der Waals surface area contributed by atoms with Crippen LogP contribution in [-0.2, 0) is 17.8 Å². The molecule has 6 rings (SSSR count). The fourth-order valence-corrected chi connectivity index (χ4v) is 5.96. The molecule has 2 atom stereocenters. The van der Waals surface area contributed by atoms with Gasteiger partial charge in [0.15, 0.2) is 5.60 Å². The van der Waals surface area contributed by atoms with Crippen molar-refractivity contribution >= 4 is 28.2 Å². The number of aryl methyl sites for hydroxylation is 2. The van der Waals surface area contributed by atoms with Crippen LogP contribution in [0.3, 0.4) is 0 Å². The van der Waals surface area contributed by atoms with E-state index in [0.29, 0.717) is 39.9 Å². The molecule has 5 aromatic rings. The molecule has 0 radical (unpaired) electrons. The fraction of sp³-hybridized carbons (Fsp3) is 0.278. The molecule has 238 valence electrons. The third-order valence-electron chi connectivity index (χ3n) is 8.57. The van der Waals surface area contributed by atoms with E-state index in [1.807, 2.05) is 68.4 Å². The van der Waals surface area contributed by atoms with E-state index in [-0.39, 0.29) is 12.6 Å². The molecule has 0 saturated carbocycles. The van der Waals surface area contributed by atoms with Crippen LogP contribution < -0.4 is 10.2 Å². The highest BCUT2D eigenvalue weighted by molar-refractivity contribution is 5.94. The van der Waals surface area contributed by atoms with Gasteiger partial charge < -0.3 is 20.1 Å². The molecule has 2 N–H and O–H groups in total. The van der Waals surface area contributed by atoms with Crippen molar-refractivity contribution in [2.24, 2.45) is 0 Å². The minimum atomic E-state index is -4.89. The van der Waals surface area contributed by atoms with Crippen molar-refractivity contribution in [2.45, 2.75) is 51.1 Å². The maximum Gasteiger partial charge on any atom is 0.420 e. The monoisotopic (exact) mass is 628 g/mol. The van der Waals surface area contributed by atoms with Gasteiger partial charge in [0.05, 0.1) is 36.1 Å². The molecule has 0 fully saturated rings. The number of rotatable bonds is 9. The Bertz CT molecular complexity index is 1860. The SMILES string of the molecule is Cc1cc(NCC(O)(CN2c3ccccc3CCC2C)C(F)(F)F)c2cnn(-c3cccc(C(=O)OCc4ccccc4)c3)c2c1. The Labute approximate surface area is 265 Å². The van der Waals surface area contributed by atoms with Crippen LogP contribution in [0.5, 0.6) is 0 Å². The molecule has 46 heavy (non-hydrogen) atoms. The predicted octanol–water partition coefficient (Wildman–Crippen LogP) is 7.24. The Morgan fingerprint density at radius 2 is 1.78 bits per heavy atom. The van der Waals surface area contributed by atoms with Crippen molar-refractivity contribution < 1.29 is 27.8 Å². The first-order chi connectivity index (χ1) is 22.0. The first-order valence-corrected chi connectivity index (χ1v) is 15.2. The number of nitrogens with one attached hydrogen (secondary N) is 1. The van der Waals surface area contributed by atoms with Crippen molar-refractivity contribution in [2.75, 3.05) is 23.3 Å². The average Bonchev–Trinajstić information content (AvgIpc) is 3.48. The van der Waals surface area contributed by atoms with Crippen LogP contribution in [-0.4, -0.2) is 51.8 Å². The second-order valence-corrected chi connectivity index (χ2v) is 11.9. The summed E-state index contributed by atoms with van der Waals surface area (Å²) >= 11 is 0. The summed E-state index contributed by atoms with van der Waals surface area (Å²) in [6.45, 7) is 2.49. The molecule has 0 aliphatic carbocycles. The quantitative estimate of drug-likeness (QED) is 0.168. The lowest BCUT2D eigenvalue weighted by Crippen LogP contribution is -2.59. The van der Waals surface area contributed by atoms with Crippen LogP contribution in [0.2, 0.25) is 0 Å². The predicted molar refractivity (Wildman–Crippen MR) is 172 cm³/mol. The van der Waals surface area contributed by atoms with Crippen LogP contribution in [0.1, 0.15) is 40.4 Å². The van der Waals surface area contributed by atoms with Crippen LogP contribution >= 0.6 is 0 Å². The summed E-state index contributed by atoms with van der Waals surface area (Å²) in [7, 11) is 0. The van der Waals surface area contributed by atoms with Crippen molar-refractivity contribution in [1.82, 2.24) is 9.78 Å². The Morgan fingerprint density at radius 1 is 1.02 bits per heavy atom. The number of hydrogen-bond donors (Lipinski definition) is 2. The third kappa shape index (κ3) is 6.30. The largest absolute Gasteiger partial charge is 0.457 e. The minimum Gasteiger partial charge on any atom is -0.457 e. The lowest BCUT2D eigenvalue weighted by atomic mass is 9.93. The zero-order valence-electron chi connectivity index (χ0n) is 25.6. The van der Waals surface area contributed by atoms with Crippen molar-refractivity contribution in [3.8, 4) is 5.69 Å². The number of anilines is 2. The Morgan fingerprint density at radius 3 is 2.57 bits per heavy atom. The number of carbonyl (C=O) groups is 1. The number of nitrogens with zero attached hydrogens (tertiary/aromatic N) is 3. The highest BCUT2D eigenvalue weighted by Crippen LogP contribution is 2.38. The first kappa shape index (κ1) is 31.2. The van der Waals surface area contributed by atoms with Crippen molar-refractivity contribution in [3.05, 3.63) is 119 Å². The van der Waals surface area contributed by atoms with Crippen LogP contribution in [0.25, 0.3) is 16.6 Å². The number of hydrogen-bond acceptors (Lipinski definition) is 6. The summed E-state index contributed by atoms with van der Waals surface area (Å²) in [5.74, 6) is -0.488. The van der Waals surface area contributed by atoms with E-state index in [2.05, 4.69) is 10.4 Å². The second kappa shape index (κ2) is 12.5. The average molecular weight is 629 g/mol. The van der Waals surface area contributed by atoms with E-state index in [0.717, 1.165) is 23.1 Å². The van der Waals surface area contributed by atoms with Gasteiger partial charge in [-0.25, -0.2) is 9.48 Å². The number of aliphatic hydroxyl groups is 1. The summed E-state index contributed by atoms with van der Waals surface area (Å²) < 4.78 is 50.8. The van der Waals surface area contributed by atoms with E-state index in [9.17, 15) is 23.1 Å². The van der Waals surface area contributed by atoms with Crippen molar-refractivity contribution in [1.29, 1.82) is 0 Å². The maximum absolute atomic E-state index is 14.6. The van der Waals surface area contributed by atoms with Gasteiger partial charge in [-0.1, -0.05) is 54.6 Å². The summed E-state index contributed by atoms with van der Waals surface area (Å²) in [5, 5.41) is 19.2. The number of para-hydroxylation sites is 1. The molecule has 1 aromatic heterocycles. The second-order valence-electron chi connectivity index (χ2n) is 11.9. The number of halogens is 3. The Kier molecular flexibility index (Phi) is 8.48. The van der Waals surface area contributed by atoms with Gasteiger partial charge in [0.1, 0.15) is 6.61 Å². The van der Waals surface area contributed by atoms with Crippen molar-refractivity contribution in [3.63, 3.8) is 0 Å². The molecule has 1 aliphatic rings. The van der Waals surface area contributed by atoms with Gasteiger partial charge in [-0.3, -0.25) is 0 Å². The summed E-state index contributed by atoms with van der Waals surface area (Å²) in [6.07, 6.45) is -1.86. The number of fused-ring (bicyclic) bond motifs is 2. The lowest BCUT2D eigenvalue weighted by Gasteiger charge is -2.43. The van der Waals surface area contributed by atoms with E-state index in [4.69, 9.17) is 4.74 Å². The Balaban J connectivity index is 1.25. The number of ether oxygens (including phenoxy) is 1. The molecule has 0 amide bonds. The molecular formula is C36H35F3N4O3. The molecule has 1 aliphatic heterocycles. The summed E-state index contributed by atoms with van der Waals surface area (Å²) in [4.78, 5) is 14.5. The fourth-order valence-electron chi connectivity index (χ4n) is 5.96. The van der Waals surface area contributed by atoms with E-state index in [1.54, 1.807) is 52.2 Å². The number of esters is 1. The standard InChI is InChI=1S/C36H35F3N4O3/c1-24-17-31(40-22-35(45,36(37,38)39)23-42-25(2)15-16-27-11-6-7-14-32(27)42)30-20-41-43(33(30)18-24)29-13-8-12-28(19-29)34(44)46-21-26-9-4-3-5-10-26/h3-14,17-20,25,40,45H,15-16,21-23H2,1-2H3. The van der Waals surface area contributed by atoms with Gasteiger partial charge in [0.2, 0.25) is 0 Å². The van der Waals surface area contributed by atoms with Gasteiger partial charge in [-0.15, -0.1) is 0 Å². The summed E-state index contributed by atoms with van der Waals surface area (Å²) in [5.41, 5.74) is 2.27. The molecule has 0 saturated heterocycles. The van der Waals surface area contributed by atoms with Crippen LogP contribution in [0, 0.1) is 6.92 Å². The molecule has 7 nitrogen and oxygen atoms in total. The number of benzene rings is 4. The maximum atomic E-state index is 14.6. The van der Waals surface area contributed by atoms with Gasteiger partial charge in [0.25, 0.3) is 0 Å². The number of carbonyl (C=O) groups excluding carboxylic acids is 1. The molecule has 2 unspecified atom stereocenters. The van der Waals surface area contributed by atoms with E-state index in [1.165, 1.54) is 0 Å². The zero-order valence-corrected chi connectivity index (χ0v) is 25.6. The molecular weight excluding hydrogens is 593 g/mol. The van der Waals surface area contributed by atoms with Crippen LogP contribution in [0.15, 0.2) is 97.2 Å². The Hall–Kier alpha value is -4.83. The third-order valence-corrected chi connectivity index (χ3v) is 8.57. The highest BCUT2D eigenvalue weighted by atomic mass is 19.4. The molecule has 2 heterocycles.